The SMILES string of the molecule is CCSCC1(C)NC(=O)NC1=O. The molecule has 1 rings (SSSR count). The third kappa shape index (κ3) is 1.72. The molecule has 1 aliphatic rings. The monoisotopic (exact) mass is 188 g/mol. The second kappa shape index (κ2) is 3.35. The van der Waals surface area contributed by atoms with E-state index in [1.807, 2.05) is 6.92 Å². The van der Waals surface area contributed by atoms with Crippen LogP contribution in [0.3, 0.4) is 0 Å². The lowest BCUT2D eigenvalue weighted by atomic mass is 10.1. The predicted octanol–water partition coefficient (Wildman–Crippen LogP) is 0.338. The van der Waals surface area contributed by atoms with Crippen LogP contribution < -0.4 is 10.6 Å². The summed E-state index contributed by atoms with van der Waals surface area (Å²) in [6.07, 6.45) is 0. The number of amides is 3. The van der Waals surface area contributed by atoms with E-state index in [2.05, 4.69) is 10.6 Å². The number of urea groups is 1. The molecule has 1 saturated heterocycles. The van der Waals surface area contributed by atoms with Gasteiger partial charge in [0.25, 0.3) is 5.91 Å². The largest absolute Gasteiger partial charge is 0.323 e. The average molecular weight is 188 g/mol. The molecule has 1 unspecified atom stereocenters. The van der Waals surface area contributed by atoms with Gasteiger partial charge in [0.15, 0.2) is 0 Å². The van der Waals surface area contributed by atoms with Gasteiger partial charge in [-0.15, -0.1) is 0 Å². The van der Waals surface area contributed by atoms with Crippen molar-refractivity contribution in [3.8, 4) is 0 Å². The van der Waals surface area contributed by atoms with Crippen LogP contribution in [0, 0.1) is 0 Å². The Morgan fingerprint density at radius 1 is 1.50 bits per heavy atom. The Balaban J connectivity index is 2.58. The standard InChI is InChI=1S/C7H12N2O2S/c1-3-12-4-7(2)5(10)8-6(11)9-7/h3-4H2,1-2H3,(H2,8,9,10,11). The molecule has 4 nitrogen and oxygen atoms in total. The zero-order chi connectivity index (χ0) is 9.19. The number of carbonyl (C=O) groups is 2. The molecule has 1 heterocycles. The molecule has 1 aliphatic heterocycles. The van der Waals surface area contributed by atoms with Crippen molar-refractivity contribution >= 4 is 23.7 Å². The summed E-state index contributed by atoms with van der Waals surface area (Å²) in [5, 5.41) is 4.81. The third-order valence-corrected chi connectivity index (χ3v) is 2.90. The summed E-state index contributed by atoms with van der Waals surface area (Å²) in [5.41, 5.74) is -0.711. The van der Waals surface area contributed by atoms with Crippen molar-refractivity contribution in [3.63, 3.8) is 0 Å². The molecule has 68 valence electrons. The Morgan fingerprint density at radius 3 is 2.58 bits per heavy atom. The highest BCUT2D eigenvalue weighted by Crippen LogP contribution is 2.16. The van der Waals surface area contributed by atoms with Crippen LogP contribution >= 0.6 is 11.8 Å². The second-order valence-electron chi connectivity index (χ2n) is 2.88. The molecule has 1 fully saturated rings. The predicted molar refractivity (Wildman–Crippen MR) is 48.1 cm³/mol. The normalized spacial score (nSPS) is 28.5. The maximum Gasteiger partial charge on any atom is 0.322 e. The first-order chi connectivity index (χ1) is 5.58. The highest BCUT2D eigenvalue weighted by Gasteiger charge is 2.41. The molecular formula is C7H12N2O2S. The Hall–Kier alpha value is -0.710. The maximum absolute atomic E-state index is 11.2. The van der Waals surface area contributed by atoms with Gasteiger partial charge in [0, 0.05) is 5.75 Å². The summed E-state index contributed by atoms with van der Waals surface area (Å²) in [5.74, 6) is 1.34. The minimum Gasteiger partial charge on any atom is -0.323 e. The summed E-state index contributed by atoms with van der Waals surface area (Å²) in [6.45, 7) is 3.75. The van der Waals surface area contributed by atoms with E-state index in [4.69, 9.17) is 0 Å². The molecule has 0 saturated carbocycles. The van der Waals surface area contributed by atoms with Gasteiger partial charge in [-0.25, -0.2) is 4.79 Å². The van der Waals surface area contributed by atoms with Crippen LogP contribution in [0.1, 0.15) is 13.8 Å². The molecule has 1 atom stereocenters. The average Bonchev–Trinajstić information content (AvgIpc) is 2.23. The summed E-state index contributed by atoms with van der Waals surface area (Å²) in [6, 6.07) is -0.390. The first-order valence-electron chi connectivity index (χ1n) is 3.80. The zero-order valence-corrected chi connectivity index (χ0v) is 7.96. The Morgan fingerprint density at radius 2 is 2.17 bits per heavy atom. The first-order valence-corrected chi connectivity index (χ1v) is 4.95. The number of nitrogens with one attached hydrogen (secondary N) is 2. The van der Waals surface area contributed by atoms with Crippen LogP contribution in [0.5, 0.6) is 0 Å². The van der Waals surface area contributed by atoms with Gasteiger partial charge in [-0.3, -0.25) is 10.1 Å². The van der Waals surface area contributed by atoms with E-state index < -0.39 is 5.54 Å². The van der Waals surface area contributed by atoms with Crippen molar-refractivity contribution < 1.29 is 9.59 Å². The molecule has 0 radical (unpaired) electrons. The van der Waals surface area contributed by atoms with Crippen LogP contribution in [0.4, 0.5) is 4.79 Å². The fourth-order valence-electron chi connectivity index (χ4n) is 0.987. The van der Waals surface area contributed by atoms with E-state index in [1.54, 1.807) is 18.7 Å². The fraction of sp³-hybridized carbons (Fsp3) is 0.714. The van der Waals surface area contributed by atoms with E-state index in [0.29, 0.717) is 5.75 Å². The van der Waals surface area contributed by atoms with E-state index in [9.17, 15) is 9.59 Å². The number of hydrogen-bond acceptors (Lipinski definition) is 3. The first kappa shape index (κ1) is 9.38. The lowest BCUT2D eigenvalue weighted by Crippen LogP contribution is -2.46. The molecule has 2 N–H and O–H groups in total. The summed E-state index contributed by atoms with van der Waals surface area (Å²) in [4.78, 5) is 22.0. The van der Waals surface area contributed by atoms with E-state index >= 15 is 0 Å². The van der Waals surface area contributed by atoms with E-state index in [0.717, 1.165) is 5.75 Å². The number of thioether (sulfide) groups is 1. The summed E-state index contributed by atoms with van der Waals surface area (Å²) >= 11 is 1.63. The lowest BCUT2D eigenvalue weighted by Gasteiger charge is -2.18. The Kier molecular flexibility index (Phi) is 2.62. The second-order valence-corrected chi connectivity index (χ2v) is 4.15. The number of hydrogen-bond donors (Lipinski definition) is 2. The van der Waals surface area contributed by atoms with Gasteiger partial charge in [0.2, 0.25) is 0 Å². The molecule has 0 aliphatic carbocycles. The molecule has 0 aromatic carbocycles. The van der Waals surface area contributed by atoms with Gasteiger partial charge in [-0.1, -0.05) is 6.92 Å². The molecular weight excluding hydrogens is 176 g/mol. The van der Waals surface area contributed by atoms with Crippen molar-refractivity contribution in [1.29, 1.82) is 0 Å². The third-order valence-electron chi connectivity index (χ3n) is 1.71. The summed E-state index contributed by atoms with van der Waals surface area (Å²) < 4.78 is 0. The maximum atomic E-state index is 11.2. The Bertz CT molecular complexity index is 219. The molecule has 0 spiro atoms. The number of imide groups is 1. The van der Waals surface area contributed by atoms with Crippen LogP contribution in [0.15, 0.2) is 0 Å². The van der Waals surface area contributed by atoms with Crippen LogP contribution in [-0.2, 0) is 4.79 Å². The molecule has 5 heteroatoms. The minimum atomic E-state index is -0.711. The number of carbonyl (C=O) groups excluding carboxylic acids is 2. The van der Waals surface area contributed by atoms with Crippen molar-refractivity contribution in [2.24, 2.45) is 0 Å². The molecule has 0 bridgehead atoms. The molecule has 0 aromatic heterocycles. The number of rotatable bonds is 3. The van der Waals surface area contributed by atoms with Gasteiger partial charge in [0.05, 0.1) is 0 Å². The van der Waals surface area contributed by atoms with Crippen molar-refractivity contribution in [2.75, 3.05) is 11.5 Å². The van der Waals surface area contributed by atoms with Gasteiger partial charge in [-0.05, 0) is 12.7 Å². The van der Waals surface area contributed by atoms with Crippen LogP contribution in [0.25, 0.3) is 0 Å². The fourth-order valence-corrected chi connectivity index (χ4v) is 1.80. The smallest absolute Gasteiger partial charge is 0.322 e. The van der Waals surface area contributed by atoms with Crippen LogP contribution in [0.2, 0.25) is 0 Å². The van der Waals surface area contributed by atoms with Gasteiger partial charge >= 0.3 is 6.03 Å². The highest BCUT2D eigenvalue weighted by atomic mass is 32.2. The Labute approximate surface area is 75.5 Å². The lowest BCUT2D eigenvalue weighted by molar-refractivity contribution is -0.122. The quantitative estimate of drug-likeness (QED) is 0.628. The van der Waals surface area contributed by atoms with E-state index in [-0.39, 0.29) is 11.9 Å². The van der Waals surface area contributed by atoms with Crippen molar-refractivity contribution in [2.45, 2.75) is 19.4 Å². The van der Waals surface area contributed by atoms with E-state index in [1.165, 1.54) is 0 Å². The van der Waals surface area contributed by atoms with Crippen LogP contribution in [-0.4, -0.2) is 29.0 Å². The summed E-state index contributed by atoms with van der Waals surface area (Å²) in [7, 11) is 0. The zero-order valence-electron chi connectivity index (χ0n) is 7.14. The van der Waals surface area contributed by atoms with Gasteiger partial charge in [0.1, 0.15) is 5.54 Å². The molecule has 0 aromatic rings. The van der Waals surface area contributed by atoms with Crippen molar-refractivity contribution in [1.82, 2.24) is 10.6 Å². The topological polar surface area (TPSA) is 58.2 Å². The molecule has 12 heavy (non-hydrogen) atoms. The minimum absolute atomic E-state index is 0.228. The van der Waals surface area contributed by atoms with Crippen molar-refractivity contribution in [3.05, 3.63) is 0 Å². The highest BCUT2D eigenvalue weighted by molar-refractivity contribution is 7.99. The van der Waals surface area contributed by atoms with Gasteiger partial charge in [-0.2, -0.15) is 11.8 Å². The van der Waals surface area contributed by atoms with Gasteiger partial charge < -0.3 is 5.32 Å². The molecule has 3 amide bonds.